The van der Waals surface area contributed by atoms with E-state index in [4.69, 9.17) is 0 Å². The highest BCUT2D eigenvalue weighted by Crippen LogP contribution is 2.24. The van der Waals surface area contributed by atoms with Gasteiger partial charge in [0, 0.05) is 4.57 Å². The van der Waals surface area contributed by atoms with Gasteiger partial charge in [-0.05, 0) is 45.2 Å². The van der Waals surface area contributed by atoms with Crippen LogP contribution in [0.15, 0.2) is 0 Å². The Morgan fingerprint density at radius 2 is 1.62 bits per heavy atom. The molecule has 0 aliphatic rings. The van der Waals surface area contributed by atoms with Crippen LogP contribution in [0.5, 0.6) is 0 Å². The van der Waals surface area contributed by atoms with Gasteiger partial charge in [0.05, 0.1) is 0 Å². The fraction of sp³-hybridized carbons (Fsp3) is 1.00. The third kappa shape index (κ3) is 5.61. The minimum absolute atomic E-state index is 0.406. The van der Waals surface area contributed by atoms with Crippen molar-refractivity contribution in [3.63, 3.8) is 0 Å². The van der Waals surface area contributed by atoms with Gasteiger partial charge in [-0.3, -0.25) is 0 Å². The molecule has 3 nitrogen and oxygen atoms in total. The largest absolute Gasteiger partial charge is 0.698 e. The molecule has 0 aliphatic heterocycles. The lowest BCUT2D eigenvalue weighted by Crippen LogP contribution is -1.77. The van der Waals surface area contributed by atoms with Crippen LogP contribution in [0.2, 0.25) is 0 Å². The van der Waals surface area contributed by atoms with Crippen LogP contribution in [0.3, 0.4) is 0 Å². The van der Waals surface area contributed by atoms with E-state index in [-0.39, 0.29) is 0 Å². The van der Waals surface area contributed by atoms with E-state index in [1.165, 1.54) is 0 Å². The van der Waals surface area contributed by atoms with Crippen molar-refractivity contribution in [1.82, 2.24) is 0 Å². The van der Waals surface area contributed by atoms with Crippen molar-refractivity contribution in [3.8, 4) is 0 Å². The van der Waals surface area contributed by atoms with Crippen molar-refractivity contribution in [3.05, 3.63) is 0 Å². The molecule has 48 valence electrons. The fourth-order valence-corrected chi connectivity index (χ4v) is 1.72. The van der Waals surface area contributed by atoms with Gasteiger partial charge in [0.25, 0.3) is 0 Å². The molecule has 0 saturated heterocycles. The molecule has 0 amide bonds. The van der Waals surface area contributed by atoms with Gasteiger partial charge in [0.1, 0.15) is 0 Å². The van der Waals surface area contributed by atoms with Crippen LogP contribution in [-0.4, -0.2) is 9.23 Å². The summed E-state index contributed by atoms with van der Waals surface area (Å²) < 4.78 is 20.3. The molecule has 0 aromatic rings. The molecule has 8 heavy (non-hydrogen) atoms. The summed E-state index contributed by atoms with van der Waals surface area (Å²) in [6.45, 7) is 0. The van der Waals surface area contributed by atoms with Crippen LogP contribution >= 0.6 is 53.4 Å². The van der Waals surface area contributed by atoms with Gasteiger partial charge in [-0.2, -0.15) is 0 Å². The average Bonchev–Trinajstić information content (AvgIpc) is 1.68. The van der Waals surface area contributed by atoms with Crippen LogP contribution in [0, 0.1) is 0 Å². The van der Waals surface area contributed by atoms with Crippen molar-refractivity contribution < 1.29 is 13.6 Å². The molecular weight excluding hydrogens is 357 g/mol. The fourth-order valence-electron chi connectivity index (χ4n) is 0.117. The summed E-state index contributed by atoms with van der Waals surface area (Å²) in [5, 5.41) is 0. The number of halogens is 2. The van der Waals surface area contributed by atoms with Gasteiger partial charge >= 0.3 is 8.25 Å². The Bertz CT molecular complexity index is 69.7. The zero-order valence-corrected chi connectivity index (χ0v) is 9.05. The highest BCUT2D eigenvalue weighted by atomic mass is 127. The Morgan fingerprint density at radius 1 is 1.25 bits per heavy atom. The van der Waals surface area contributed by atoms with E-state index < -0.39 is 8.25 Å². The molecule has 0 bridgehead atoms. The molecule has 0 aromatic carbocycles. The van der Waals surface area contributed by atoms with E-state index in [1.54, 1.807) is 0 Å². The molecule has 0 rings (SSSR count). The highest BCUT2D eigenvalue weighted by molar-refractivity contribution is 14.1. The quantitative estimate of drug-likeness (QED) is 0.439. The molecule has 0 saturated carbocycles. The smallest absolute Gasteiger partial charge is 0.108 e. The summed E-state index contributed by atoms with van der Waals surface area (Å²) in [6.07, 6.45) is 0. The van der Waals surface area contributed by atoms with Crippen LogP contribution < -0.4 is 0 Å². The lowest BCUT2D eigenvalue weighted by Gasteiger charge is -1.77. The summed E-state index contributed by atoms with van der Waals surface area (Å²) in [5.74, 6) is 0. The summed E-state index contributed by atoms with van der Waals surface area (Å²) >= 11 is 3.91. The van der Waals surface area contributed by atoms with Crippen molar-refractivity contribution >= 4 is 53.4 Å². The summed E-state index contributed by atoms with van der Waals surface area (Å²) in [4.78, 5) is 0. The maximum Gasteiger partial charge on any atom is 0.698 e. The molecule has 0 fully saturated rings. The molecule has 0 radical (unpaired) electrons. The van der Waals surface area contributed by atoms with Gasteiger partial charge in [-0.1, -0.05) is 0 Å². The molecule has 0 spiro atoms. The molecule has 0 N–H and O–H groups in total. The second kappa shape index (κ2) is 6.60. The van der Waals surface area contributed by atoms with Gasteiger partial charge in [0.15, 0.2) is 9.23 Å². The van der Waals surface area contributed by atoms with Gasteiger partial charge < -0.3 is 0 Å². The first-order valence-electron chi connectivity index (χ1n) is 1.66. The number of hydrogen-bond donors (Lipinski definition) is 0. The third-order valence-electron chi connectivity index (χ3n) is 0.308. The molecule has 0 unspecified atom stereocenters. The monoisotopic (exact) mass is 361 g/mol. The minimum Gasteiger partial charge on any atom is -0.108 e. The summed E-state index contributed by atoms with van der Waals surface area (Å²) in [7, 11) is -1.85. The number of rotatable bonds is 4. The maximum absolute atomic E-state index is 10.3. The number of hydrogen-bond acceptors (Lipinski definition) is 3. The predicted molar refractivity (Wildman–Crippen MR) is 47.6 cm³/mol. The molecule has 0 heterocycles. The first-order chi connectivity index (χ1) is 3.81. The topological polar surface area (TPSA) is 35.5 Å². The number of alkyl halides is 2. The Labute approximate surface area is 75.7 Å². The van der Waals surface area contributed by atoms with E-state index in [2.05, 4.69) is 9.05 Å². The average molecular weight is 361 g/mol. The van der Waals surface area contributed by atoms with Crippen LogP contribution in [-0.2, 0) is 13.6 Å². The van der Waals surface area contributed by atoms with Crippen LogP contribution in [0.25, 0.3) is 0 Å². The van der Waals surface area contributed by atoms with Crippen LogP contribution in [0.4, 0.5) is 0 Å². The Balaban J connectivity index is 3.06. The van der Waals surface area contributed by atoms with E-state index >= 15 is 0 Å². The van der Waals surface area contributed by atoms with Gasteiger partial charge in [0.2, 0.25) is 0 Å². The Hall–Kier alpha value is 1.48. The Kier molecular flexibility index (Phi) is 7.82. The molecule has 0 aliphatic carbocycles. The van der Waals surface area contributed by atoms with Crippen LogP contribution in [0.1, 0.15) is 0 Å². The maximum atomic E-state index is 10.3. The molecule has 0 atom stereocenters. The zero-order valence-electron chi connectivity index (χ0n) is 3.84. The SMILES string of the molecule is O=[P+](OCI)OCI. The van der Waals surface area contributed by atoms with E-state index in [0.717, 1.165) is 0 Å². The normalized spacial score (nSPS) is 9.25. The lowest BCUT2D eigenvalue weighted by molar-refractivity contribution is 0.294. The minimum atomic E-state index is -1.85. The summed E-state index contributed by atoms with van der Waals surface area (Å²) in [5.41, 5.74) is 0. The summed E-state index contributed by atoms with van der Waals surface area (Å²) in [6, 6.07) is 0. The van der Waals surface area contributed by atoms with Crippen molar-refractivity contribution in [2.45, 2.75) is 0 Å². The standard InChI is InChI=1S/C2H4I2O3P/c3-1-6-8(5)7-2-4/h1-2H2/q+1. The second-order valence-corrected chi connectivity index (χ2v) is 2.91. The second-order valence-electron chi connectivity index (χ2n) is 0.700. The van der Waals surface area contributed by atoms with Crippen molar-refractivity contribution in [2.75, 3.05) is 9.23 Å². The lowest BCUT2D eigenvalue weighted by atomic mass is 11.8. The highest BCUT2D eigenvalue weighted by Gasteiger charge is 2.16. The van der Waals surface area contributed by atoms with E-state index in [0.29, 0.717) is 9.23 Å². The molecule has 6 heteroatoms. The first-order valence-corrected chi connectivity index (χ1v) is 5.81. The van der Waals surface area contributed by atoms with Gasteiger partial charge in [-0.15, -0.1) is 9.05 Å². The Morgan fingerprint density at radius 3 is 1.88 bits per heavy atom. The predicted octanol–water partition coefficient (Wildman–Crippen LogP) is 2.46. The first kappa shape index (κ1) is 9.48. The van der Waals surface area contributed by atoms with E-state index in [9.17, 15) is 4.57 Å². The van der Waals surface area contributed by atoms with E-state index in [1.807, 2.05) is 45.2 Å². The third-order valence-corrected chi connectivity index (χ3v) is 2.60. The van der Waals surface area contributed by atoms with Gasteiger partial charge in [-0.25, -0.2) is 0 Å². The van der Waals surface area contributed by atoms with Crippen molar-refractivity contribution in [1.29, 1.82) is 0 Å². The van der Waals surface area contributed by atoms with Crippen molar-refractivity contribution in [2.24, 2.45) is 0 Å². The zero-order chi connectivity index (χ0) is 6.41. The molecule has 0 aromatic heterocycles. The molecular formula is C2H4I2O3P+.